The highest BCUT2D eigenvalue weighted by atomic mass is 32.2. The second-order valence-electron chi connectivity index (χ2n) is 6.74. The van der Waals surface area contributed by atoms with Crippen LogP contribution < -0.4 is 5.56 Å². The number of piperazine rings is 1. The standard InChI is InChI=1S/C18H26N4O2S2/c1-6-21-7-9-22(10-8-21)16(23)13(4)26-18-19-15-14(17(24)20(18)5)11(2)12(3)25-15/h13H,6-10H2,1-5H3. The molecular formula is C18H26N4O2S2. The molecule has 1 atom stereocenters. The van der Waals surface area contributed by atoms with E-state index in [0.717, 1.165) is 48.0 Å². The van der Waals surface area contributed by atoms with E-state index < -0.39 is 0 Å². The molecule has 0 saturated carbocycles. The number of thiophene rings is 1. The molecule has 142 valence electrons. The van der Waals surface area contributed by atoms with Crippen LogP contribution in [-0.2, 0) is 11.8 Å². The third kappa shape index (κ3) is 3.54. The van der Waals surface area contributed by atoms with Gasteiger partial charge in [0.1, 0.15) is 4.83 Å². The second kappa shape index (κ2) is 7.70. The highest BCUT2D eigenvalue weighted by molar-refractivity contribution is 8.00. The van der Waals surface area contributed by atoms with Crippen molar-refractivity contribution < 1.29 is 4.79 Å². The summed E-state index contributed by atoms with van der Waals surface area (Å²) in [5.74, 6) is 0.124. The van der Waals surface area contributed by atoms with Gasteiger partial charge in [-0.25, -0.2) is 4.98 Å². The topological polar surface area (TPSA) is 58.4 Å². The SMILES string of the molecule is CCN1CCN(C(=O)C(C)Sc2nc3sc(C)c(C)c3c(=O)n2C)CC1. The lowest BCUT2D eigenvalue weighted by atomic mass is 10.2. The van der Waals surface area contributed by atoms with E-state index in [-0.39, 0.29) is 16.7 Å². The van der Waals surface area contributed by atoms with Crippen LogP contribution in [0.15, 0.2) is 9.95 Å². The summed E-state index contributed by atoms with van der Waals surface area (Å²) >= 11 is 2.92. The number of hydrogen-bond acceptors (Lipinski definition) is 6. The van der Waals surface area contributed by atoms with Crippen molar-refractivity contribution in [3.05, 3.63) is 20.8 Å². The largest absolute Gasteiger partial charge is 0.339 e. The zero-order valence-corrected chi connectivity index (χ0v) is 17.7. The number of fused-ring (bicyclic) bond motifs is 1. The van der Waals surface area contributed by atoms with Crippen molar-refractivity contribution in [2.24, 2.45) is 7.05 Å². The Kier molecular flexibility index (Phi) is 5.74. The predicted octanol–water partition coefficient (Wildman–Crippen LogP) is 2.26. The van der Waals surface area contributed by atoms with Gasteiger partial charge < -0.3 is 9.80 Å². The number of amides is 1. The summed E-state index contributed by atoms with van der Waals surface area (Å²) in [4.78, 5) is 36.3. The molecule has 1 aliphatic rings. The molecule has 1 unspecified atom stereocenters. The summed E-state index contributed by atoms with van der Waals surface area (Å²) in [6.45, 7) is 12.4. The maximum Gasteiger partial charge on any atom is 0.262 e. The molecule has 0 aromatic carbocycles. The molecule has 1 fully saturated rings. The number of carbonyl (C=O) groups excluding carboxylic acids is 1. The van der Waals surface area contributed by atoms with Crippen LogP contribution in [-0.4, -0.2) is 63.2 Å². The Balaban J connectivity index is 1.79. The Bertz CT molecular complexity index is 881. The van der Waals surface area contributed by atoms with Gasteiger partial charge in [0, 0.05) is 38.1 Å². The van der Waals surface area contributed by atoms with Crippen molar-refractivity contribution >= 4 is 39.2 Å². The van der Waals surface area contributed by atoms with Crippen LogP contribution in [0, 0.1) is 13.8 Å². The van der Waals surface area contributed by atoms with Gasteiger partial charge in [0.05, 0.1) is 10.6 Å². The number of hydrogen-bond donors (Lipinski definition) is 0. The van der Waals surface area contributed by atoms with Crippen molar-refractivity contribution in [3.63, 3.8) is 0 Å². The summed E-state index contributed by atoms with van der Waals surface area (Å²) in [5, 5.41) is 1.05. The quantitative estimate of drug-likeness (QED) is 0.588. The molecule has 2 aromatic heterocycles. The van der Waals surface area contributed by atoms with Crippen LogP contribution in [0.5, 0.6) is 0 Å². The van der Waals surface area contributed by atoms with E-state index in [1.165, 1.54) is 11.8 Å². The molecule has 8 heteroatoms. The van der Waals surface area contributed by atoms with Gasteiger partial charge in [-0.1, -0.05) is 18.7 Å². The number of aromatic nitrogens is 2. The summed E-state index contributed by atoms with van der Waals surface area (Å²) in [6.07, 6.45) is 0. The van der Waals surface area contributed by atoms with E-state index in [9.17, 15) is 9.59 Å². The average molecular weight is 395 g/mol. The molecule has 6 nitrogen and oxygen atoms in total. The monoisotopic (exact) mass is 394 g/mol. The number of aryl methyl sites for hydroxylation is 2. The molecule has 1 amide bonds. The Morgan fingerprint density at radius 3 is 2.54 bits per heavy atom. The second-order valence-corrected chi connectivity index (χ2v) is 9.25. The molecule has 0 bridgehead atoms. The molecule has 0 N–H and O–H groups in total. The van der Waals surface area contributed by atoms with Gasteiger partial charge in [-0.15, -0.1) is 11.3 Å². The summed E-state index contributed by atoms with van der Waals surface area (Å²) in [5.41, 5.74) is 0.975. The number of rotatable bonds is 4. The Labute approximate surface area is 162 Å². The molecule has 3 heterocycles. The molecular weight excluding hydrogens is 368 g/mol. The fourth-order valence-corrected chi connectivity index (χ4v) is 5.24. The highest BCUT2D eigenvalue weighted by Crippen LogP contribution is 2.29. The molecule has 0 spiro atoms. The van der Waals surface area contributed by atoms with Crippen LogP contribution in [0.1, 0.15) is 24.3 Å². The number of nitrogens with zero attached hydrogens (tertiary/aromatic N) is 4. The maximum absolute atomic E-state index is 12.8. The summed E-state index contributed by atoms with van der Waals surface area (Å²) in [7, 11) is 1.74. The zero-order valence-electron chi connectivity index (χ0n) is 16.0. The third-order valence-corrected chi connectivity index (χ3v) is 7.36. The van der Waals surface area contributed by atoms with Gasteiger partial charge in [0.25, 0.3) is 5.56 Å². The zero-order chi connectivity index (χ0) is 19.0. The smallest absolute Gasteiger partial charge is 0.262 e. The van der Waals surface area contributed by atoms with Crippen LogP contribution in [0.25, 0.3) is 10.2 Å². The average Bonchev–Trinajstić information content (AvgIpc) is 2.92. The normalized spacial score (nSPS) is 17.0. The number of carbonyl (C=O) groups is 1. The lowest BCUT2D eigenvalue weighted by Gasteiger charge is -2.35. The van der Waals surface area contributed by atoms with E-state index in [2.05, 4.69) is 16.8 Å². The Morgan fingerprint density at radius 2 is 1.92 bits per heavy atom. The molecule has 2 aromatic rings. The first-order valence-corrected chi connectivity index (χ1v) is 10.7. The van der Waals surface area contributed by atoms with Crippen molar-refractivity contribution in [1.82, 2.24) is 19.4 Å². The first kappa shape index (κ1) is 19.4. The highest BCUT2D eigenvalue weighted by Gasteiger charge is 2.26. The van der Waals surface area contributed by atoms with E-state index >= 15 is 0 Å². The summed E-state index contributed by atoms with van der Waals surface area (Å²) < 4.78 is 1.57. The fraction of sp³-hybridized carbons (Fsp3) is 0.611. The van der Waals surface area contributed by atoms with Crippen LogP contribution in [0.3, 0.4) is 0 Å². The Morgan fingerprint density at radius 1 is 1.27 bits per heavy atom. The predicted molar refractivity (Wildman–Crippen MR) is 108 cm³/mol. The number of thioether (sulfide) groups is 1. The first-order valence-electron chi connectivity index (χ1n) is 8.98. The lowest BCUT2D eigenvalue weighted by Crippen LogP contribution is -2.50. The third-order valence-electron chi connectivity index (χ3n) is 5.13. The number of likely N-dealkylation sites (N-methyl/N-ethyl adjacent to an activating group) is 1. The van der Waals surface area contributed by atoms with E-state index in [0.29, 0.717) is 10.5 Å². The van der Waals surface area contributed by atoms with E-state index in [4.69, 9.17) is 0 Å². The van der Waals surface area contributed by atoms with Gasteiger partial charge in [0.15, 0.2) is 5.16 Å². The molecule has 1 saturated heterocycles. The van der Waals surface area contributed by atoms with Crippen LogP contribution >= 0.6 is 23.1 Å². The molecule has 26 heavy (non-hydrogen) atoms. The summed E-state index contributed by atoms with van der Waals surface area (Å²) in [6, 6.07) is 0. The van der Waals surface area contributed by atoms with E-state index in [1.807, 2.05) is 25.7 Å². The van der Waals surface area contributed by atoms with Crippen molar-refractivity contribution in [2.45, 2.75) is 38.1 Å². The van der Waals surface area contributed by atoms with Gasteiger partial charge in [-0.2, -0.15) is 0 Å². The van der Waals surface area contributed by atoms with Crippen molar-refractivity contribution in [1.29, 1.82) is 0 Å². The van der Waals surface area contributed by atoms with E-state index in [1.54, 1.807) is 23.0 Å². The Hall–Kier alpha value is -1.38. The fourth-order valence-electron chi connectivity index (χ4n) is 3.21. The minimum atomic E-state index is -0.263. The van der Waals surface area contributed by atoms with Gasteiger partial charge in [-0.3, -0.25) is 14.2 Å². The lowest BCUT2D eigenvalue weighted by molar-refractivity contribution is -0.132. The van der Waals surface area contributed by atoms with Crippen LogP contribution in [0.2, 0.25) is 0 Å². The first-order chi connectivity index (χ1) is 12.3. The molecule has 1 aliphatic heterocycles. The van der Waals surface area contributed by atoms with Gasteiger partial charge in [-0.05, 0) is 32.9 Å². The molecule has 3 rings (SSSR count). The molecule has 0 aliphatic carbocycles. The minimum Gasteiger partial charge on any atom is -0.339 e. The van der Waals surface area contributed by atoms with Gasteiger partial charge >= 0.3 is 0 Å². The minimum absolute atomic E-state index is 0.0319. The molecule has 0 radical (unpaired) electrons. The van der Waals surface area contributed by atoms with Crippen molar-refractivity contribution in [2.75, 3.05) is 32.7 Å². The maximum atomic E-state index is 12.8. The van der Waals surface area contributed by atoms with Crippen LogP contribution in [0.4, 0.5) is 0 Å². The van der Waals surface area contributed by atoms with Crippen molar-refractivity contribution in [3.8, 4) is 0 Å². The van der Waals surface area contributed by atoms with Gasteiger partial charge in [0.2, 0.25) is 5.91 Å².